The van der Waals surface area contributed by atoms with Crippen LogP contribution in [0.4, 0.5) is 16.2 Å². The van der Waals surface area contributed by atoms with E-state index in [1.54, 1.807) is 18.2 Å². The number of hydrogen-bond donors (Lipinski definition) is 2. The highest BCUT2D eigenvalue weighted by atomic mass is 79.9. The molecule has 0 aromatic heterocycles. The van der Waals surface area contributed by atoms with Crippen molar-refractivity contribution in [2.45, 2.75) is 0 Å². The molecule has 3 aromatic rings. The van der Waals surface area contributed by atoms with E-state index in [-0.39, 0.29) is 6.03 Å². The number of urea groups is 1. The van der Waals surface area contributed by atoms with E-state index in [1.165, 1.54) is 0 Å². The minimum atomic E-state index is -0.344. The molecular weight excluding hydrogens is 384 g/mol. The van der Waals surface area contributed by atoms with Gasteiger partial charge in [-0.3, -0.25) is 0 Å². The third-order valence-corrected chi connectivity index (χ3v) is 4.30. The summed E-state index contributed by atoms with van der Waals surface area (Å²) in [5.74, 6) is 2.47. The number of para-hydroxylation sites is 3. The highest BCUT2D eigenvalue weighted by Gasteiger charge is 2.18. The van der Waals surface area contributed by atoms with Crippen molar-refractivity contribution in [3.8, 4) is 23.0 Å². The van der Waals surface area contributed by atoms with E-state index in [4.69, 9.17) is 9.47 Å². The lowest BCUT2D eigenvalue weighted by molar-refractivity contribution is 0.262. The SMILES string of the molecule is O=C(Nc1ccc2c(c1)Oc1ccccc1O2)Nc1ccccc1Br. The molecule has 0 saturated carbocycles. The van der Waals surface area contributed by atoms with Gasteiger partial charge in [0.15, 0.2) is 23.0 Å². The lowest BCUT2D eigenvalue weighted by Gasteiger charge is -2.21. The molecule has 5 nitrogen and oxygen atoms in total. The topological polar surface area (TPSA) is 59.6 Å². The molecule has 0 spiro atoms. The normalized spacial score (nSPS) is 11.4. The molecule has 2 N–H and O–H groups in total. The molecule has 0 atom stereocenters. The summed E-state index contributed by atoms with van der Waals surface area (Å²) in [6.07, 6.45) is 0. The number of benzene rings is 3. The Morgan fingerprint density at radius 1 is 0.760 bits per heavy atom. The fourth-order valence-electron chi connectivity index (χ4n) is 2.45. The van der Waals surface area contributed by atoms with Gasteiger partial charge in [0.2, 0.25) is 0 Å². The van der Waals surface area contributed by atoms with Crippen LogP contribution in [0, 0.1) is 0 Å². The number of fused-ring (bicyclic) bond motifs is 2. The molecule has 124 valence electrons. The molecule has 3 aromatic carbocycles. The molecule has 0 saturated heterocycles. The van der Waals surface area contributed by atoms with E-state index < -0.39 is 0 Å². The van der Waals surface area contributed by atoms with Crippen molar-refractivity contribution in [1.82, 2.24) is 0 Å². The summed E-state index contributed by atoms with van der Waals surface area (Å²) in [6.45, 7) is 0. The zero-order valence-electron chi connectivity index (χ0n) is 13.0. The van der Waals surface area contributed by atoms with E-state index in [0.29, 0.717) is 34.4 Å². The van der Waals surface area contributed by atoms with Crippen molar-refractivity contribution in [2.24, 2.45) is 0 Å². The number of ether oxygens (including phenoxy) is 2. The van der Waals surface area contributed by atoms with Crippen molar-refractivity contribution in [3.05, 3.63) is 71.2 Å². The zero-order valence-corrected chi connectivity index (χ0v) is 14.5. The second-order valence-electron chi connectivity index (χ2n) is 5.37. The number of nitrogens with one attached hydrogen (secondary N) is 2. The first-order chi connectivity index (χ1) is 12.2. The summed E-state index contributed by atoms with van der Waals surface area (Å²) >= 11 is 3.40. The predicted octanol–water partition coefficient (Wildman–Crippen LogP) is 5.99. The van der Waals surface area contributed by atoms with E-state index in [2.05, 4.69) is 26.6 Å². The Labute approximate surface area is 152 Å². The van der Waals surface area contributed by atoms with Gasteiger partial charge in [-0.15, -0.1) is 0 Å². The van der Waals surface area contributed by atoms with Crippen molar-refractivity contribution >= 4 is 33.3 Å². The molecule has 0 radical (unpaired) electrons. The third-order valence-electron chi connectivity index (χ3n) is 3.61. The minimum absolute atomic E-state index is 0.344. The summed E-state index contributed by atoms with van der Waals surface area (Å²) in [7, 11) is 0. The largest absolute Gasteiger partial charge is 0.450 e. The lowest BCUT2D eigenvalue weighted by atomic mass is 10.2. The Morgan fingerprint density at radius 3 is 2.16 bits per heavy atom. The van der Waals surface area contributed by atoms with Gasteiger partial charge in [0.1, 0.15) is 0 Å². The number of carbonyl (C=O) groups excluding carboxylic acids is 1. The Hall–Kier alpha value is -2.99. The minimum Gasteiger partial charge on any atom is -0.450 e. The Kier molecular flexibility index (Phi) is 4.03. The summed E-state index contributed by atoms with van der Waals surface area (Å²) in [5, 5.41) is 5.57. The average Bonchev–Trinajstić information content (AvgIpc) is 2.62. The molecule has 0 unspecified atom stereocenters. The third kappa shape index (κ3) is 3.29. The van der Waals surface area contributed by atoms with Crippen molar-refractivity contribution in [2.75, 3.05) is 10.6 Å². The Bertz CT molecular complexity index is 959. The predicted molar refractivity (Wildman–Crippen MR) is 99.8 cm³/mol. The number of halogens is 1. The first-order valence-electron chi connectivity index (χ1n) is 7.60. The summed E-state index contributed by atoms with van der Waals surface area (Å²) < 4.78 is 12.4. The van der Waals surface area contributed by atoms with E-state index in [9.17, 15) is 4.79 Å². The van der Waals surface area contributed by atoms with Crippen LogP contribution in [0.5, 0.6) is 23.0 Å². The van der Waals surface area contributed by atoms with Gasteiger partial charge in [-0.1, -0.05) is 24.3 Å². The molecule has 25 heavy (non-hydrogen) atoms. The van der Waals surface area contributed by atoms with Crippen LogP contribution in [0.15, 0.2) is 71.2 Å². The van der Waals surface area contributed by atoms with Gasteiger partial charge in [0, 0.05) is 16.2 Å². The molecule has 1 aliphatic heterocycles. The lowest BCUT2D eigenvalue weighted by Crippen LogP contribution is -2.19. The van der Waals surface area contributed by atoms with Crippen LogP contribution < -0.4 is 20.1 Å². The number of amides is 2. The molecule has 0 bridgehead atoms. The van der Waals surface area contributed by atoms with Crippen LogP contribution in [0.1, 0.15) is 0 Å². The number of rotatable bonds is 2. The standard InChI is InChI=1S/C19H13BrN2O3/c20-13-5-1-2-6-14(13)22-19(23)21-12-9-10-17-18(11-12)25-16-8-4-3-7-15(16)24-17/h1-11H,(H2,21,22,23). The van der Waals surface area contributed by atoms with Crippen LogP contribution >= 0.6 is 15.9 Å². The smallest absolute Gasteiger partial charge is 0.323 e. The molecular formula is C19H13BrN2O3. The maximum absolute atomic E-state index is 12.2. The van der Waals surface area contributed by atoms with Crippen molar-refractivity contribution in [3.63, 3.8) is 0 Å². The fraction of sp³-hybridized carbons (Fsp3) is 0. The van der Waals surface area contributed by atoms with Gasteiger partial charge in [0.05, 0.1) is 5.69 Å². The summed E-state index contributed by atoms with van der Waals surface area (Å²) in [4.78, 5) is 12.2. The van der Waals surface area contributed by atoms with Crippen LogP contribution in [-0.2, 0) is 0 Å². The van der Waals surface area contributed by atoms with Gasteiger partial charge < -0.3 is 20.1 Å². The van der Waals surface area contributed by atoms with E-state index in [1.807, 2.05) is 48.5 Å². The highest BCUT2D eigenvalue weighted by Crippen LogP contribution is 2.45. The molecule has 1 heterocycles. The van der Waals surface area contributed by atoms with Crippen LogP contribution in [0.25, 0.3) is 0 Å². The van der Waals surface area contributed by atoms with E-state index >= 15 is 0 Å². The monoisotopic (exact) mass is 396 g/mol. The number of hydrogen-bond acceptors (Lipinski definition) is 3. The first-order valence-corrected chi connectivity index (χ1v) is 8.40. The van der Waals surface area contributed by atoms with Gasteiger partial charge >= 0.3 is 6.03 Å². The average molecular weight is 397 g/mol. The Morgan fingerprint density at radius 2 is 1.40 bits per heavy atom. The second-order valence-corrected chi connectivity index (χ2v) is 6.23. The summed E-state index contributed by atoms with van der Waals surface area (Å²) in [5.41, 5.74) is 1.29. The first kappa shape index (κ1) is 15.5. The maximum Gasteiger partial charge on any atom is 0.323 e. The molecule has 6 heteroatoms. The molecule has 4 rings (SSSR count). The molecule has 0 aliphatic carbocycles. The molecule has 2 amide bonds. The highest BCUT2D eigenvalue weighted by molar-refractivity contribution is 9.10. The Balaban J connectivity index is 1.50. The zero-order chi connectivity index (χ0) is 17.2. The number of anilines is 2. The van der Waals surface area contributed by atoms with Crippen LogP contribution in [0.3, 0.4) is 0 Å². The van der Waals surface area contributed by atoms with Gasteiger partial charge in [-0.05, 0) is 52.3 Å². The van der Waals surface area contributed by atoms with Crippen molar-refractivity contribution in [1.29, 1.82) is 0 Å². The van der Waals surface area contributed by atoms with Crippen LogP contribution in [-0.4, -0.2) is 6.03 Å². The number of carbonyl (C=O) groups is 1. The van der Waals surface area contributed by atoms with E-state index in [0.717, 1.165) is 4.47 Å². The quantitative estimate of drug-likeness (QED) is 0.437. The maximum atomic E-state index is 12.2. The van der Waals surface area contributed by atoms with Crippen molar-refractivity contribution < 1.29 is 14.3 Å². The van der Waals surface area contributed by atoms with Crippen LogP contribution in [0.2, 0.25) is 0 Å². The molecule has 1 aliphatic rings. The molecule has 0 fully saturated rings. The fourth-order valence-corrected chi connectivity index (χ4v) is 2.84. The van der Waals surface area contributed by atoms with Gasteiger partial charge in [-0.2, -0.15) is 0 Å². The van der Waals surface area contributed by atoms with Gasteiger partial charge in [-0.25, -0.2) is 4.79 Å². The second kappa shape index (κ2) is 6.49. The summed E-state index contributed by atoms with van der Waals surface area (Å²) in [6, 6.07) is 19.7. The van der Waals surface area contributed by atoms with Gasteiger partial charge in [0.25, 0.3) is 0 Å².